The lowest BCUT2D eigenvalue weighted by Crippen LogP contribution is -2.28. The summed E-state index contributed by atoms with van der Waals surface area (Å²) < 4.78 is 11.2. The molecule has 1 atom stereocenters. The van der Waals surface area contributed by atoms with Gasteiger partial charge in [0.25, 0.3) is 5.91 Å². The fourth-order valence-electron chi connectivity index (χ4n) is 3.53. The molecule has 34 heavy (non-hydrogen) atoms. The Hall–Kier alpha value is -3.20. The van der Waals surface area contributed by atoms with E-state index in [1.165, 1.54) is 4.90 Å². The molecular formula is C25H27BrN2O6. The van der Waals surface area contributed by atoms with Crippen molar-refractivity contribution in [1.29, 1.82) is 0 Å². The number of halogens is 1. The Morgan fingerprint density at radius 1 is 1.09 bits per heavy atom. The molecule has 2 aromatic rings. The predicted octanol–water partition coefficient (Wildman–Crippen LogP) is 4.17. The lowest BCUT2D eigenvalue weighted by molar-refractivity contribution is -0.151. The number of amides is 2. The zero-order valence-corrected chi connectivity index (χ0v) is 20.9. The number of esters is 2. The van der Waals surface area contributed by atoms with Gasteiger partial charge in [0, 0.05) is 28.8 Å². The molecule has 1 aliphatic heterocycles. The normalized spacial score (nSPS) is 15.2. The van der Waals surface area contributed by atoms with E-state index in [4.69, 9.17) is 9.47 Å². The van der Waals surface area contributed by atoms with Gasteiger partial charge in [-0.15, -0.1) is 0 Å². The van der Waals surface area contributed by atoms with Gasteiger partial charge in [-0.2, -0.15) is 0 Å². The van der Waals surface area contributed by atoms with Crippen molar-refractivity contribution in [3.63, 3.8) is 0 Å². The Bertz CT molecular complexity index is 1100. The molecule has 0 radical (unpaired) electrons. The molecule has 1 heterocycles. The van der Waals surface area contributed by atoms with Crippen LogP contribution in [0.3, 0.4) is 0 Å². The van der Waals surface area contributed by atoms with Gasteiger partial charge >= 0.3 is 11.9 Å². The average molecular weight is 531 g/mol. The maximum Gasteiger partial charge on any atom is 0.338 e. The maximum absolute atomic E-state index is 12.5. The number of rotatable bonds is 8. The van der Waals surface area contributed by atoms with Gasteiger partial charge in [-0.1, -0.05) is 22.9 Å². The summed E-state index contributed by atoms with van der Waals surface area (Å²) in [5, 5.41) is 2.74. The molecule has 2 amide bonds. The highest BCUT2D eigenvalue weighted by atomic mass is 79.9. The van der Waals surface area contributed by atoms with Gasteiger partial charge in [-0.05, 0) is 67.8 Å². The molecule has 1 aliphatic rings. The molecule has 1 saturated heterocycles. The van der Waals surface area contributed by atoms with Crippen LogP contribution in [0.2, 0.25) is 0 Å². The summed E-state index contributed by atoms with van der Waals surface area (Å²) in [4.78, 5) is 50.6. The van der Waals surface area contributed by atoms with Crippen molar-refractivity contribution >= 4 is 51.1 Å². The number of carbonyl (C=O) groups is 4. The van der Waals surface area contributed by atoms with Crippen molar-refractivity contribution in [3.05, 3.63) is 57.6 Å². The highest BCUT2D eigenvalue weighted by Crippen LogP contribution is 2.27. The number of ether oxygens (including phenoxy) is 2. The lowest BCUT2D eigenvalue weighted by Gasteiger charge is -2.17. The van der Waals surface area contributed by atoms with Gasteiger partial charge in [0.15, 0.2) is 6.61 Å². The number of hydrogen-bond donors (Lipinski definition) is 1. The second kappa shape index (κ2) is 11.3. The average Bonchev–Trinajstić information content (AvgIpc) is 3.21. The predicted molar refractivity (Wildman–Crippen MR) is 131 cm³/mol. The minimum absolute atomic E-state index is 0.00817. The van der Waals surface area contributed by atoms with E-state index in [1.807, 2.05) is 32.9 Å². The molecule has 0 aromatic heterocycles. The number of aryl methyl sites for hydroxylation is 2. The number of nitrogens with one attached hydrogen (secondary N) is 1. The van der Waals surface area contributed by atoms with Gasteiger partial charge in [-0.25, -0.2) is 4.79 Å². The van der Waals surface area contributed by atoms with Crippen molar-refractivity contribution in [1.82, 2.24) is 0 Å². The second-order valence-corrected chi connectivity index (χ2v) is 9.01. The second-order valence-electron chi connectivity index (χ2n) is 8.16. The molecule has 180 valence electrons. The lowest BCUT2D eigenvalue weighted by atomic mass is 10.1. The molecule has 8 nitrogen and oxygen atoms in total. The number of benzene rings is 2. The fourth-order valence-corrected chi connectivity index (χ4v) is 3.98. The number of anilines is 2. The van der Waals surface area contributed by atoms with Crippen LogP contribution in [0.15, 0.2) is 40.9 Å². The van der Waals surface area contributed by atoms with E-state index in [1.54, 1.807) is 24.3 Å². The Morgan fingerprint density at radius 2 is 1.79 bits per heavy atom. The van der Waals surface area contributed by atoms with Gasteiger partial charge in [-0.3, -0.25) is 14.4 Å². The van der Waals surface area contributed by atoms with Gasteiger partial charge in [0.2, 0.25) is 5.91 Å². The third-order valence-electron chi connectivity index (χ3n) is 5.44. The standard InChI is InChI=1S/C25H27BrN2O6/c1-4-9-33-24(31)17-5-7-19(8-6-17)28-13-18(12-23(28)30)25(32)34-14-22(29)27-21-11-15(2)20(26)10-16(21)3/h5-8,10-11,18H,4,9,12-14H2,1-3H3,(H,27,29)/t18-/m1/s1. The Kier molecular flexibility index (Phi) is 8.44. The van der Waals surface area contributed by atoms with E-state index in [2.05, 4.69) is 21.2 Å². The molecule has 0 bridgehead atoms. The summed E-state index contributed by atoms with van der Waals surface area (Å²) in [5.41, 5.74) is 3.45. The molecule has 1 N–H and O–H groups in total. The summed E-state index contributed by atoms with van der Waals surface area (Å²) in [5.74, 6) is -2.38. The summed E-state index contributed by atoms with van der Waals surface area (Å²) >= 11 is 3.44. The van der Waals surface area contributed by atoms with Crippen molar-refractivity contribution in [2.45, 2.75) is 33.6 Å². The zero-order valence-electron chi connectivity index (χ0n) is 19.4. The quantitative estimate of drug-likeness (QED) is 0.514. The largest absolute Gasteiger partial charge is 0.462 e. The van der Waals surface area contributed by atoms with E-state index in [-0.39, 0.29) is 18.9 Å². The number of carbonyl (C=O) groups excluding carboxylic acids is 4. The topological polar surface area (TPSA) is 102 Å². The Morgan fingerprint density at radius 3 is 2.47 bits per heavy atom. The molecule has 2 aromatic carbocycles. The summed E-state index contributed by atoms with van der Waals surface area (Å²) in [6.45, 7) is 5.73. The number of hydrogen-bond acceptors (Lipinski definition) is 6. The van der Waals surface area contributed by atoms with Crippen molar-refractivity contribution in [2.75, 3.05) is 30.0 Å². The first kappa shape index (κ1) is 25.4. The SMILES string of the molecule is CCCOC(=O)c1ccc(N2C[C@H](C(=O)OCC(=O)Nc3cc(C)c(Br)cc3C)CC2=O)cc1. The van der Waals surface area contributed by atoms with Crippen LogP contribution in [0, 0.1) is 19.8 Å². The maximum atomic E-state index is 12.5. The van der Waals surface area contributed by atoms with E-state index in [0.717, 1.165) is 22.0 Å². The molecule has 0 aliphatic carbocycles. The fraction of sp³-hybridized carbons (Fsp3) is 0.360. The van der Waals surface area contributed by atoms with Crippen molar-refractivity contribution in [3.8, 4) is 0 Å². The highest BCUT2D eigenvalue weighted by Gasteiger charge is 2.36. The molecule has 1 fully saturated rings. The monoisotopic (exact) mass is 530 g/mol. The zero-order chi connectivity index (χ0) is 24.8. The van der Waals surface area contributed by atoms with E-state index in [0.29, 0.717) is 23.5 Å². The third-order valence-corrected chi connectivity index (χ3v) is 6.29. The van der Waals surface area contributed by atoms with Crippen LogP contribution in [-0.2, 0) is 23.9 Å². The minimum atomic E-state index is -0.675. The Labute approximate surface area is 206 Å². The van der Waals surface area contributed by atoms with Crippen LogP contribution in [0.1, 0.15) is 41.3 Å². The molecular weight excluding hydrogens is 504 g/mol. The first-order chi connectivity index (χ1) is 16.2. The molecule has 0 spiro atoms. The van der Waals surface area contributed by atoms with Crippen LogP contribution < -0.4 is 10.2 Å². The number of nitrogens with zero attached hydrogens (tertiary/aromatic N) is 1. The van der Waals surface area contributed by atoms with Gasteiger partial charge in [0.05, 0.1) is 18.1 Å². The minimum Gasteiger partial charge on any atom is -0.462 e. The molecule has 9 heteroatoms. The molecule has 0 unspecified atom stereocenters. The summed E-state index contributed by atoms with van der Waals surface area (Å²) in [7, 11) is 0. The summed E-state index contributed by atoms with van der Waals surface area (Å²) in [6, 6.07) is 10.2. The third kappa shape index (κ3) is 6.22. The van der Waals surface area contributed by atoms with Crippen LogP contribution in [0.4, 0.5) is 11.4 Å². The van der Waals surface area contributed by atoms with E-state index in [9.17, 15) is 19.2 Å². The summed E-state index contributed by atoms with van der Waals surface area (Å²) in [6.07, 6.45) is 0.723. The van der Waals surface area contributed by atoms with Crippen molar-refractivity contribution in [2.24, 2.45) is 5.92 Å². The first-order valence-corrected chi connectivity index (χ1v) is 11.8. The van der Waals surface area contributed by atoms with E-state index < -0.39 is 30.4 Å². The first-order valence-electron chi connectivity index (χ1n) is 11.0. The smallest absolute Gasteiger partial charge is 0.338 e. The van der Waals surface area contributed by atoms with Crippen molar-refractivity contribution < 1.29 is 28.7 Å². The van der Waals surface area contributed by atoms with Crippen LogP contribution in [-0.4, -0.2) is 43.5 Å². The van der Waals surface area contributed by atoms with Crippen LogP contribution in [0.5, 0.6) is 0 Å². The molecule has 3 rings (SSSR count). The van der Waals surface area contributed by atoms with E-state index >= 15 is 0 Å². The Balaban J connectivity index is 1.53. The van der Waals surface area contributed by atoms with Gasteiger partial charge < -0.3 is 19.7 Å². The highest BCUT2D eigenvalue weighted by molar-refractivity contribution is 9.10. The molecule has 0 saturated carbocycles. The van der Waals surface area contributed by atoms with Gasteiger partial charge in [0.1, 0.15) is 0 Å². The van der Waals surface area contributed by atoms with Crippen LogP contribution in [0.25, 0.3) is 0 Å². The van der Waals surface area contributed by atoms with Crippen LogP contribution >= 0.6 is 15.9 Å².